The molecule has 2 aliphatic heterocycles. The van der Waals surface area contributed by atoms with Crippen LogP contribution in [0, 0.1) is 0 Å². The van der Waals surface area contributed by atoms with Crippen molar-refractivity contribution in [1.82, 2.24) is 9.80 Å². The third kappa shape index (κ3) is 2.86. The van der Waals surface area contributed by atoms with E-state index in [-0.39, 0.29) is 0 Å². The summed E-state index contributed by atoms with van der Waals surface area (Å²) in [4.78, 5) is 5.14. The van der Waals surface area contributed by atoms with E-state index in [4.69, 9.17) is 15.2 Å². The van der Waals surface area contributed by atoms with E-state index < -0.39 is 0 Å². The van der Waals surface area contributed by atoms with Gasteiger partial charge in [-0.1, -0.05) is 0 Å². The summed E-state index contributed by atoms with van der Waals surface area (Å²) in [5.41, 5.74) is 9.10. The van der Waals surface area contributed by atoms with Crippen molar-refractivity contribution in [2.45, 2.75) is 32.0 Å². The molecule has 114 valence electrons. The first-order chi connectivity index (χ1) is 10.3. The Labute approximate surface area is 125 Å². The largest absolute Gasteiger partial charge is 0.467 e. The van der Waals surface area contributed by atoms with Crippen molar-refractivity contribution in [3.8, 4) is 5.75 Å². The van der Waals surface area contributed by atoms with Gasteiger partial charge >= 0.3 is 0 Å². The lowest BCUT2D eigenvalue weighted by atomic mass is 10.1. The molecule has 0 bridgehead atoms. The van der Waals surface area contributed by atoms with E-state index in [0.29, 0.717) is 13.4 Å². The van der Waals surface area contributed by atoms with Gasteiger partial charge in [-0.3, -0.25) is 9.80 Å². The van der Waals surface area contributed by atoms with Crippen LogP contribution in [0.1, 0.15) is 24.0 Å². The van der Waals surface area contributed by atoms with Crippen molar-refractivity contribution in [3.63, 3.8) is 0 Å². The third-order valence-electron chi connectivity index (χ3n) is 4.67. The van der Waals surface area contributed by atoms with E-state index in [2.05, 4.69) is 15.9 Å². The van der Waals surface area contributed by atoms with Crippen LogP contribution in [0.5, 0.6) is 5.75 Å². The molecule has 21 heavy (non-hydrogen) atoms. The Kier molecular flexibility index (Phi) is 3.49. The molecule has 0 atom stereocenters. The summed E-state index contributed by atoms with van der Waals surface area (Å²) in [5.74, 6) is 0.986. The standard InChI is InChI=1S/C16H23N3O2/c17-14-7-12(16-13(8-14)10-20-11-21-16)9-18-3-5-19(6-4-18)15-1-2-15/h7-8,15H,1-6,9-11,17H2. The van der Waals surface area contributed by atoms with E-state index in [1.807, 2.05) is 6.07 Å². The third-order valence-corrected chi connectivity index (χ3v) is 4.67. The van der Waals surface area contributed by atoms with E-state index in [1.165, 1.54) is 31.5 Å². The number of nitrogens with zero attached hydrogens (tertiary/aromatic N) is 2. The minimum absolute atomic E-state index is 0.347. The maximum Gasteiger partial charge on any atom is 0.189 e. The highest BCUT2D eigenvalue weighted by Gasteiger charge is 2.31. The molecule has 0 aromatic heterocycles. The average Bonchev–Trinajstić information content (AvgIpc) is 3.32. The molecule has 3 aliphatic rings. The van der Waals surface area contributed by atoms with Gasteiger partial charge in [-0.15, -0.1) is 0 Å². The van der Waals surface area contributed by atoms with Crippen LogP contribution >= 0.6 is 0 Å². The Morgan fingerprint density at radius 3 is 2.71 bits per heavy atom. The highest BCUT2D eigenvalue weighted by Crippen LogP contribution is 2.32. The van der Waals surface area contributed by atoms with Gasteiger partial charge in [0.15, 0.2) is 6.79 Å². The summed E-state index contributed by atoms with van der Waals surface area (Å²) in [5, 5.41) is 0. The van der Waals surface area contributed by atoms with Crippen molar-refractivity contribution in [3.05, 3.63) is 23.3 Å². The van der Waals surface area contributed by atoms with Gasteiger partial charge in [0.1, 0.15) is 5.75 Å². The van der Waals surface area contributed by atoms with Gasteiger partial charge in [0.05, 0.1) is 6.61 Å². The zero-order chi connectivity index (χ0) is 14.2. The van der Waals surface area contributed by atoms with Gasteiger partial charge in [0.2, 0.25) is 0 Å². The Hall–Kier alpha value is -1.30. The Balaban J connectivity index is 1.45. The SMILES string of the molecule is Nc1cc2c(c(CN3CCN(C4CC4)CC3)c1)OCOC2. The molecular formula is C16H23N3O2. The lowest BCUT2D eigenvalue weighted by molar-refractivity contribution is -0.0176. The summed E-state index contributed by atoms with van der Waals surface area (Å²) in [6, 6.07) is 4.90. The minimum atomic E-state index is 0.347. The van der Waals surface area contributed by atoms with Crippen LogP contribution in [0.3, 0.4) is 0 Å². The van der Waals surface area contributed by atoms with Crippen molar-refractivity contribution >= 4 is 5.69 Å². The molecule has 5 heteroatoms. The summed E-state index contributed by atoms with van der Waals surface area (Å²) in [7, 11) is 0. The molecule has 4 rings (SSSR count). The highest BCUT2D eigenvalue weighted by molar-refractivity contribution is 5.53. The number of nitrogens with two attached hydrogens (primary N) is 1. The molecule has 0 unspecified atom stereocenters. The number of ether oxygens (including phenoxy) is 2. The zero-order valence-corrected chi connectivity index (χ0v) is 12.4. The topological polar surface area (TPSA) is 51.0 Å². The van der Waals surface area contributed by atoms with Gasteiger partial charge in [0, 0.05) is 55.6 Å². The lowest BCUT2D eigenvalue weighted by Gasteiger charge is -2.35. The van der Waals surface area contributed by atoms with Crippen LogP contribution < -0.4 is 10.5 Å². The predicted molar refractivity (Wildman–Crippen MR) is 81.0 cm³/mol. The molecule has 0 radical (unpaired) electrons. The molecule has 5 nitrogen and oxygen atoms in total. The van der Waals surface area contributed by atoms with Gasteiger partial charge < -0.3 is 15.2 Å². The monoisotopic (exact) mass is 289 g/mol. The fraction of sp³-hybridized carbons (Fsp3) is 0.625. The minimum Gasteiger partial charge on any atom is -0.467 e. The average molecular weight is 289 g/mol. The summed E-state index contributed by atoms with van der Waals surface area (Å²) < 4.78 is 11.1. The first kappa shape index (κ1) is 13.4. The van der Waals surface area contributed by atoms with Crippen LogP contribution in [0.4, 0.5) is 5.69 Å². The molecule has 1 aromatic carbocycles. The number of anilines is 1. The Morgan fingerprint density at radius 2 is 1.95 bits per heavy atom. The quantitative estimate of drug-likeness (QED) is 0.853. The molecule has 1 saturated heterocycles. The molecule has 1 saturated carbocycles. The molecule has 2 N–H and O–H groups in total. The number of rotatable bonds is 3. The van der Waals surface area contributed by atoms with E-state index in [0.717, 1.165) is 42.7 Å². The fourth-order valence-corrected chi connectivity index (χ4v) is 3.41. The maximum absolute atomic E-state index is 6.02. The van der Waals surface area contributed by atoms with Crippen molar-refractivity contribution in [2.75, 3.05) is 38.7 Å². The molecule has 1 aliphatic carbocycles. The lowest BCUT2D eigenvalue weighted by Crippen LogP contribution is -2.46. The van der Waals surface area contributed by atoms with Gasteiger partial charge in [0.25, 0.3) is 0 Å². The maximum atomic E-state index is 6.02. The van der Waals surface area contributed by atoms with Gasteiger partial charge in [-0.25, -0.2) is 0 Å². The normalized spacial score (nSPS) is 23.6. The highest BCUT2D eigenvalue weighted by atomic mass is 16.7. The summed E-state index contributed by atoms with van der Waals surface area (Å²) in [6.45, 7) is 6.53. The van der Waals surface area contributed by atoms with Crippen LogP contribution in [0.2, 0.25) is 0 Å². The van der Waals surface area contributed by atoms with Crippen LogP contribution in [-0.4, -0.2) is 48.8 Å². The van der Waals surface area contributed by atoms with Crippen LogP contribution in [-0.2, 0) is 17.9 Å². The number of fused-ring (bicyclic) bond motifs is 1. The second-order valence-electron chi connectivity index (χ2n) is 6.32. The fourth-order valence-electron chi connectivity index (χ4n) is 3.41. The van der Waals surface area contributed by atoms with Gasteiger partial charge in [-0.05, 0) is 25.0 Å². The first-order valence-electron chi connectivity index (χ1n) is 7.88. The second-order valence-corrected chi connectivity index (χ2v) is 6.32. The van der Waals surface area contributed by atoms with Crippen LogP contribution in [0.25, 0.3) is 0 Å². The number of hydrogen-bond acceptors (Lipinski definition) is 5. The molecule has 1 aromatic rings. The number of benzene rings is 1. The molecule has 2 heterocycles. The summed E-state index contributed by atoms with van der Waals surface area (Å²) >= 11 is 0. The Bertz CT molecular complexity index is 522. The van der Waals surface area contributed by atoms with E-state index in [9.17, 15) is 0 Å². The van der Waals surface area contributed by atoms with Crippen LogP contribution in [0.15, 0.2) is 12.1 Å². The number of piperazine rings is 1. The molecular weight excluding hydrogens is 266 g/mol. The molecule has 0 spiro atoms. The number of nitrogen functional groups attached to an aromatic ring is 1. The van der Waals surface area contributed by atoms with E-state index >= 15 is 0 Å². The summed E-state index contributed by atoms with van der Waals surface area (Å²) in [6.07, 6.45) is 2.80. The second kappa shape index (κ2) is 5.48. The number of hydrogen-bond donors (Lipinski definition) is 1. The predicted octanol–water partition coefficient (Wildman–Crippen LogP) is 1.42. The van der Waals surface area contributed by atoms with Gasteiger partial charge in [-0.2, -0.15) is 0 Å². The van der Waals surface area contributed by atoms with Crippen molar-refractivity contribution < 1.29 is 9.47 Å². The zero-order valence-electron chi connectivity index (χ0n) is 12.4. The molecule has 2 fully saturated rings. The first-order valence-corrected chi connectivity index (χ1v) is 7.88. The van der Waals surface area contributed by atoms with Crippen molar-refractivity contribution in [2.24, 2.45) is 0 Å². The van der Waals surface area contributed by atoms with E-state index in [1.54, 1.807) is 0 Å². The molecule has 0 amide bonds. The Morgan fingerprint density at radius 1 is 1.14 bits per heavy atom. The smallest absolute Gasteiger partial charge is 0.189 e. The van der Waals surface area contributed by atoms with Crippen molar-refractivity contribution in [1.29, 1.82) is 0 Å².